The molecule has 2 unspecified atom stereocenters. The number of carboxylic acids is 2. The van der Waals surface area contributed by atoms with Crippen LogP contribution in [0.2, 0.25) is 0 Å². The van der Waals surface area contributed by atoms with Crippen LogP contribution in [-0.4, -0.2) is 87.5 Å². The quantitative estimate of drug-likeness (QED) is 0.321. The summed E-state index contributed by atoms with van der Waals surface area (Å²) >= 11 is 3.09. The number of methoxy groups -OCH3 is 1. The molecule has 0 aliphatic carbocycles. The van der Waals surface area contributed by atoms with Gasteiger partial charge in [-0.15, -0.1) is 0 Å². The lowest BCUT2D eigenvalue weighted by molar-refractivity contribution is -0.145. The molecule has 0 saturated heterocycles. The molecule has 4 N–H and O–H groups in total. The molecule has 0 fully saturated rings. The van der Waals surface area contributed by atoms with Crippen molar-refractivity contribution in [1.29, 1.82) is 0 Å². The van der Waals surface area contributed by atoms with E-state index in [9.17, 15) is 19.2 Å². The summed E-state index contributed by atoms with van der Waals surface area (Å²) in [6.45, 7) is 1.73. The van der Waals surface area contributed by atoms with Gasteiger partial charge in [0.2, 0.25) is 0 Å². The molecule has 0 saturated carbocycles. The first-order valence-electron chi connectivity index (χ1n) is 8.41. The summed E-state index contributed by atoms with van der Waals surface area (Å²) in [5.74, 6) is -1.14. The standard InChI is InChI=1S/C6H10O3.C6H14O2S2.C5H8O4/c1-2-5(7)3-4-6(8)9;1-9-3-5(7)6(8)4-10-2;1-9-5(8)3-2-4(6)7/h2-4H2,1H3,(H,8,9);5-8H,3-4H2,1-2H3;2-3H2,1H3,(H,6,7). The van der Waals surface area contributed by atoms with Gasteiger partial charge in [0, 0.05) is 24.3 Å². The molecule has 0 aromatic carbocycles. The second kappa shape index (κ2) is 22.0. The molecule has 9 nitrogen and oxygen atoms in total. The Labute approximate surface area is 174 Å². The van der Waals surface area contributed by atoms with Crippen LogP contribution in [0, 0.1) is 0 Å². The van der Waals surface area contributed by atoms with Crippen molar-refractivity contribution in [2.45, 2.75) is 51.2 Å². The third-order valence-corrected chi connectivity index (χ3v) is 4.25. The van der Waals surface area contributed by atoms with Crippen LogP contribution in [-0.2, 0) is 23.9 Å². The van der Waals surface area contributed by atoms with Gasteiger partial charge in [0.05, 0.1) is 38.6 Å². The van der Waals surface area contributed by atoms with E-state index in [0.29, 0.717) is 17.9 Å². The largest absolute Gasteiger partial charge is 0.481 e. The van der Waals surface area contributed by atoms with Crippen molar-refractivity contribution in [2.24, 2.45) is 0 Å². The molecule has 0 amide bonds. The summed E-state index contributed by atoms with van der Waals surface area (Å²) in [6, 6.07) is 0. The molecular weight excluding hydrogens is 412 g/mol. The molecule has 0 aromatic rings. The Morgan fingerprint density at radius 1 is 0.821 bits per heavy atom. The van der Waals surface area contributed by atoms with E-state index in [1.807, 2.05) is 12.5 Å². The molecule has 166 valence electrons. The van der Waals surface area contributed by atoms with Gasteiger partial charge in [-0.2, -0.15) is 23.5 Å². The maximum Gasteiger partial charge on any atom is 0.306 e. The number of esters is 1. The molecule has 11 heteroatoms. The van der Waals surface area contributed by atoms with E-state index in [0.717, 1.165) is 0 Å². The number of ketones is 1. The lowest BCUT2D eigenvalue weighted by Crippen LogP contribution is -2.30. The SMILES string of the molecule is CCC(=O)CCC(=O)O.COC(=O)CCC(=O)O.CSCC(O)C(O)CSC. The van der Waals surface area contributed by atoms with Crippen LogP contribution in [0.15, 0.2) is 0 Å². The number of thioether (sulfide) groups is 2. The fourth-order valence-electron chi connectivity index (χ4n) is 1.30. The molecule has 0 bridgehead atoms. The van der Waals surface area contributed by atoms with Crippen molar-refractivity contribution in [1.82, 2.24) is 0 Å². The first-order chi connectivity index (χ1) is 13.0. The summed E-state index contributed by atoms with van der Waals surface area (Å²) in [5, 5.41) is 34.5. The number of carboxylic acid groups (broad SMARTS) is 2. The monoisotopic (exact) mass is 444 g/mol. The van der Waals surface area contributed by atoms with Crippen LogP contribution in [0.25, 0.3) is 0 Å². The number of carbonyl (C=O) groups is 4. The number of aliphatic hydroxyl groups excluding tert-OH is 2. The molecule has 0 spiro atoms. The minimum atomic E-state index is -0.986. The van der Waals surface area contributed by atoms with Crippen LogP contribution in [0.4, 0.5) is 0 Å². The van der Waals surface area contributed by atoms with E-state index in [1.54, 1.807) is 30.4 Å². The highest BCUT2D eigenvalue weighted by Crippen LogP contribution is 2.06. The number of hydrogen-bond acceptors (Lipinski definition) is 9. The molecule has 0 heterocycles. The molecular formula is C17H32O9S2. The summed E-state index contributed by atoms with van der Waals surface area (Å²) in [4.78, 5) is 40.4. The Hall–Kier alpha value is -1.30. The van der Waals surface area contributed by atoms with Gasteiger partial charge in [-0.1, -0.05) is 6.92 Å². The molecule has 2 atom stereocenters. The van der Waals surface area contributed by atoms with Crippen molar-refractivity contribution in [2.75, 3.05) is 31.1 Å². The molecule has 0 aromatic heterocycles. The lowest BCUT2D eigenvalue weighted by atomic mass is 10.2. The zero-order chi connectivity index (χ0) is 22.5. The number of aliphatic carboxylic acids is 2. The zero-order valence-corrected chi connectivity index (χ0v) is 18.4. The third kappa shape index (κ3) is 26.9. The summed E-state index contributed by atoms with van der Waals surface area (Å²) in [6.07, 6.45) is 3.05. The normalized spacial score (nSPS) is 11.6. The first-order valence-corrected chi connectivity index (χ1v) is 11.2. The smallest absolute Gasteiger partial charge is 0.306 e. The number of Topliss-reactive ketones (excluding diaryl/α,β-unsaturated/α-hetero) is 1. The van der Waals surface area contributed by atoms with Gasteiger partial charge < -0.3 is 25.2 Å². The van der Waals surface area contributed by atoms with E-state index >= 15 is 0 Å². The average Bonchev–Trinajstić information content (AvgIpc) is 2.65. The van der Waals surface area contributed by atoms with Crippen molar-refractivity contribution in [3.8, 4) is 0 Å². The fraction of sp³-hybridized carbons (Fsp3) is 0.765. The Kier molecular flexibility index (Phi) is 24.7. The van der Waals surface area contributed by atoms with E-state index in [4.69, 9.17) is 20.4 Å². The average molecular weight is 445 g/mol. The Bertz CT molecular complexity index is 404. The van der Waals surface area contributed by atoms with Gasteiger partial charge in [0.25, 0.3) is 0 Å². The van der Waals surface area contributed by atoms with Gasteiger partial charge >= 0.3 is 17.9 Å². The highest BCUT2D eigenvalue weighted by atomic mass is 32.2. The highest BCUT2D eigenvalue weighted by molar-refractivity contribution is 7.98. The number of hydrogen-bond donors (Lipinski definition) is 4. The minimum Gasteiger partial charge on any atom is -0.481 e. The second-order valence-electron chi connectivity index (χ2n) is 5.30. The second-order valence-corrected chi connectivity index (χ2v) is 7.12. The molecule has 0 rings (SSSR count). The minimum absolute atomic E-state index is 0.0115. The molecule has 28 heavy (non-hydrogen) atoms. The van der Waals surface area contributed by atoms with Gasteiger partial charge in [0.1, 0.15) is 5.78 Å². The summed E-state index contributed by atoms with van der Waals surface area (Å²) in [5.41, 5.74) is 0. The Balaban J connectivity index is -0.000000336. The predicted molar refractivity (Wildman–Crippen MR) is 110 cm³/mol. The predicted octanol–water partition coefficient (Wildman–Crippen LogP) is 1.29. The van der Waals surface area contributed by atoms with E-state index in [-0.39, 0.29) is 31.5 Å². The van der Waals surface area contributed by atoms with Gasteiger partial charge in [0.15, 0.2) is 0 Å². The lowest BCUT2D eigenvalue weighted by Gasteiger charge is -2.14. The molecule has 0 aliphatic heterocycles. The maximum atomic E-state index is 10.5. The first kappa shape index (κ1) is 31.4. The van der Waals surface area contributed by atoms with Crippen molar-refractivity contribution in [3.05, 3.63) is 0 Å². The molecule has 0 radical (unpaired) electrons. The summed E-state index contributed by atoms with van der Waals surface area (Å²) < 4.78 is 4.20. The highest BCUT2D eigenvalue weighted by Gasteiger charge is 2.13. The van der Waals surface area contributed by atoms with Crippen molar-refractivity contribution < 1.29 is 44.3 Å². The fourth-order valence-corrected chi connectivity index (χ4v) is 2.43. The van der Waals surface area contributed by atoms with Crippen LogP contribution >= 0.6 is 23.5 Å². The van der Waals surface area contributed by atoms with E-state index in [2.05, 4.69) is 4.74 Å². The van der Waals surface area contributed by atoms with Crippen LogP contribution in [0.1, 0.15) is 39.0 Å². The topological polar surface area (TPSA) is 158 Å². The summed E-state index contributed by atoms with van der Waals surface area (Å²) in [7, 11) is 1.23. The maximum absolute atomic E-state index is 10.5. The number of rotatable bonds is 12. The Morgan fingerprint density at radius 3 is 1.50 bits per heavy atom. The van der Waals surface area contributed by atoms with Crippen molar-refractivity contribution in [3.63, 3.8) is 0 Å². The van der Waals surface area contributed by atoms with Crippen molar-refractivity contribution >= 4 is 47.2 Å². The van der Waals surface area contributed by atoms with E-state index < -0.39 is 30.1 Å². The van der Waals surface area contributed by atoms with Gasteiger partial charge in [-0.25, -0.2) is 0 Å². The zero-order valence-electron chi connectivity index (χ0n) is 16.8. The third-order valence-electron chi connectivity index (χ3n) is 2.90. The van der Waals surface area contributed by atoms with E-state index in [1.165, 1.54) is 7.11 Å². The Morgan fingerprint density at radius 2 is 1.21 bits per heavy atom. The number of carbonyl (C=O) groups excluding carboxylic acids is 2. The van der Waals surface area contributed by atoms with Crippen LogP contribution in [0.5, 0.6) is 0 Å². The van der Waals surface area contributed by atoms with Crippen LogP contribution < -0.4 is 0 Å². The number of ether oxygens (including phenoxy) is 1. The van der Waals surface area contributed by atoms with Gasteiger partial charge in [-0.05, 0) is 12.5 Å². The van der Waals surface area contributed by atoms with Crippen LogP contribution in [0.3, 0.4) is 0 Å². The molecule has 0 aliphatic rings. The van der Waals surface area contributed by atoms with Gasteiger partial charge in [-0.3, -0.25) is 19.2 Å². The number of aliphatic hydroxyl groups is 2.